The lowest BCUT2D eigenvalue weighted by Crippen LogP contribution is -2.53. The van der Waals surface area contributed by atoms with E-state index in [2.05, 4.69) is 10.6 Å². The van der Waals surface area contributed by atoms with Gasteiger partial charge in [0, 0.05) is 29.5 Å². The van der Waals surface area contributed by atoms with Crippen molar-refractivity contribution in [3.05, 3.63) is 76.9 Å². The number of rotatable bonds is 5. The average Bonchev–Trinajstić information content (AvgIpc) is 3.11. The van der Waals surface area contributed by atoms with Gasteiger partial charge in [0.15, 0.2) is 0 Å². The van der Waals surface area contributed by atoms with E-state index in [4.69, 9.17) is 0 Å². The molecule has 3 aromatic carbocycles. The highest BCUT2D eigenvalue weighted by Gasteiger charge is 2.42. The highest BCUT2D eigenvalue weighted by molar-refractivity contribution is 6.27. The van der Waals surface area contributed by atoms with Crippen LogP contribution in [0.25, 0.3) is 10.8 Å². The number of alkyl halides is 2. The molecule has 7 nitrogen and oxygen atoms in total. The lowest BCUT2D eigenvalue weighted by Gasteiger charge is -2.30. The molecular formula is C26H21F2N3O4. The number of nitrogens with one attached hydrogen (secondary N) is 2. The first-order valence-electron chi connectivity index (χ1n) is 11.1. The lowest BCUT2D eigenvalue weighted by atomic mass is 9.99. The molecule has 2 aliphatic heterocycles. The Hall–Kier alpha value is -4.14. The molecule has 0 bridgehead atoms. The SMILES string of the molecule is Cc1ccc(C(F)(F)C(=O)NCc2ccc3c4c(cccc24)N(C2CCC(=O)NC2=O)C3=O)cc1. The van der Waals surface area contributed by atoms with Crippen molar-refractivity contribution >= 4 is 40.1 Å². The zero-order chi connectivity index (χ0) is 24.9. The summed E-state index contributed by atoms with van der Waals surface area (Å²) >= 11 is 0. The summed E-state index contributed by atoms with van der Waals surface area (Å²) in [6.45, 7) is 1.59. The molecule has 2 N–H and O–H groups in total. The lowest BCUT2D eigenvalue weighted by molar-refractivity contribution is -0.147. The van der Waals surface area contributed by atoms with Gasteiger partial charge in [-0.25, -0.2) is 0 Å². The van der Waals surface area contributed by atoms with E-state index in [0.717, 1.165) is 5.56 Å². The number of carbonyl (C=O) groups is 4. The van der Waals surface area contributed by atoms with Gasteiger partial charge in [-0.05, 0) is 36.4 Å². The molecule has 2 aliphatic rings. The maximum Gasteiger partial charge on any atom is 0.349 e. The number of aryl methyl sites for hydroxylation is 1. The van der Waals surface area contributed by atoms with Gasteiger partial charge in [0.2, 0.25) is 11.8 Å². The van der Waals surface area contributed by atoms with Gasteiger partial charge in [0.05, 0.1) is 5.69 Å². The summed E-state index contributed by atoms with van der Waals surface area (Å²) in [5, 5.41) is 5.78. The van der Waals surface area contributed by atoms with Crippen LogP contribution in [-0.2, 0) is 26.9 Å². The van der Waals surface area contributed by atoms with Crippen LogP contribution in [0.4, 0.5) is 14.5 Å². The number of piperidine rings is 1. The highest BCUT2D eigenvalue weighted by Crippen LogP contribution is 2.41. The Morgan fingerprint density at radius 1 is 1.09 bits per heavy atom. The first-order valence-corrected chi connectivity index (χ1v) is 11.1. The minimum Gasteiger partial charge on any atom is -0.346 e. The Bertz CT molecular complexity index is 1400. The number of nitrogens with zero attached hydrogens (tertiary/aromatic N) is 1. The predicted octanol–water partition coefficient (Wildman–Crippen LogP) is 3.32. The van der Waals surface area contributed by atoms with Gasteiger partial charge >= 0.3 is 5.92 Å². The van der Waals surface area contributed by atoms with Crippen molar-refractivity contribution in [3.63, 3.8) is 0 Å². The van der Waals surface area contributed by atoms with E-state index >= 15 is 0 Å². The Morgan fingerprint density at radius 3 is 2.54 bits per heavy atom. The Kier molecular flexibility index (Phi) is 5.35. The summed E-state index contributed by atoms with van der Waals surface area (Å²) in [5.74, 6) is -6.42. The van der Waals surface area contributed by atoms with Gasteiger partial charge in [-0.15, -0.1) is 0 Å². The molecule has 0 aromatic heterocycles. The molecule has 2 heterocycles. The summed E-state index contributed by atoms with van der Waals surface area (Å²) in [7, 11) is 0. The van der Waals surface area contributed by atoms with Crippen LogP contribution in [0.5, 0.6) is 0 Å². The number of imide groups is 1. The van der Waals surface area contributed by atoms with E-state index in [0.29, 0.717) is 27.6 Å². The van der Waals surface area contributed by atoms with Crippen molar-refractivity contribution in [3.8, 4) is 0 Å². The van der Waals surface area contributed by atoms with Gasteiger partial charge < -0.3 is 5.32 Å². The summed E-state index contributed by atoms with van der Waals surface area (Å²) < 4.78 is 29.4. The molecule has 3 aromatic rings. The second-order valence-electron chi connectivity index (χ2n) is 8.74. The zero-order valence-corrected chi connectivity index (χ0v) is 18.7. The molecule has 0 radical (unpaired) electrons. The second kappa shape index (κ2) is 8.26. The topological polar surface area (TPSA) is 95.6 Å². The molecule has 1 unspecified atom stereocenters. The Labute approximate surface area is 199 Å². The second-order valence-corrected chi connectivity index (χ2v) is 8.74. The van der Waals surface area contributed by atoms with Gasteiger partial charge in [0.1, 0.15) is 6.04 Å². The van der Waals surface area contributed by atoms with E-state index < -0.39 is 29.3 Å². The van der Waals surface area contributed by atoms with Gasteiger partial charge in [-0.3, -0.25) is 29.4 Å². The van der Waals surface area contributed by atoms with E-state index in [-0.39, 0.29) is 31.2 Å². The van der Waals surface area contributed by atoms with Crippen molar-refractivity contribution < 1.29 is 28.0 Å². The van der Waals surface area contributed by atoms with E-state index in [1.165, 1.54) is 29.2 Å². The minimum atomic E-state index is -3.71. The van der Waals surface area contributed by atoms with Crippen molar-refractivity contribution in [2.45, 2.75) is 38.3 Å². The Balaban J connectivity index is 1.43. The predicted molar refractivity (Wildman–Crippen MR) is 124 cm³/mol. The maximum absolute atomic E-state index is 14.7. The first-order chi connectivity index (χ1) is 16.7. The van der Waals surface area contributed by atoms with E-state index in [9.17, 15) is 28.0 Å². The summed E-state index contributed by atoms with van der Waals surface area (Å²) in [5.41, 5.74) is 1.84. The van der Waals surface area contributed by atoms with Crippen LogP contribution in [-0.4, -0.2) is 29.7 Å². The fourth-order valence-corrected chi connectivity index (χ4v) is 4.64. The van der Waals surface area contributed by atoms with E-state index in [1.54, 1.807) is 37.3 Å². The molecule has 0 aliphatic carbocycles. The summed E-state index contributed by atoms with van der Waals surface area (Å²) in [6.07, 6.45) is 0.330. The summed E-state index contributed by atoms with van der Waals surface area (Å²) in [6, 6.07) is 13.0. The number of anilines is 1. The van der Waals surface area contributed by atoms with E-state index in [1.807, 2.05) is 0 Å². The standard InChI is InChI=1S/C26H21F2N3O4/c1-14-5-8-16(9-6-14)26(27,28)25(35)29-13-15-7-10-18-22-17(15)3-2-4-19(22)31(24(18)34)20-11-12-21(32)30-23(20)33/h2-10,20H,11-13H2,1H3,(H,29,35)(H,30,32,33). The zero-order valence-electron chi connectivity index (χ0n) is 18.7. The van der Waals surface area contributed by atoms with Crippen molar-refractivity contribution in [2.24, 2.45) is 0 Å². The maximum atomic E-state index is 14.7. The van der Waals surface area contributed by atoms with Crippen LogP contribution >= 0.6 is 0 Å². The van der Waals surface area contributed by atoms with Crippen LogP contribution in [0.1, 0.15) is 39.9 Å². The van der Waals surface area contributed by atoms with Crippen molar-refractivity contribution in [1.82, 2.24) is 10.6 Å². The highest BCUT2D eigenvalue weighted by atomic mass is 19.3. The number of benzene rings is 3. The van der Waals surface area contributed by atoms with Gasteiger partial charge in [-0.2, -0.15) is 8.78 Å². The van der Waals surface area contributed by atoms with Crippen molar-refractivity contribution in [2.75, 3.05) is 4.90 Å². The summed E-state index contributed by atoms with van der Waals surface area (Å²) in [4.78, 5) is 50.9. The average molecular weight is 477 g/mol. The number of hydrogen-bond donors (Lipinski definition) is 2. The van der Waals surface area contributed by atoms with Gasteiger partial charge in [0.25, 0.3) is 11.8 Å². The third-order valence-electron chi connectivity index (χ3n) is 6.48. The molecule has 1 atom stereocenters. The van der Waals surface area contributed by atoms with Crippen LogP contribution < -0.4 is 15.5 Å². The minimum absolute atomic E-state index is 0.124. The number of hydrogen-bond acceptors (Lipinski definition) is 4. The van der Waals surface area contributed by atoms with Crippen LogP contribution in [0.15, 0.2) is 54.6 Å². The van der Waals surface area contributed by atoms with Crippen LogP contribution in [0.3, 0.4) is 0 Å². The number of amides is 4. The van der Waals surface area contributed by atoms with Crippen LogP contribution in [0.2, 0.25) is 0 Å². The first kappa shape index (κ1) is 22.6. The molecule has 0 saturated carbocycles. The van der Waals surface area contributed by atoms with Gasteiger partial charge in [-0.1, -0.05) is 48.0 Å². The molecule has 178 valence electrons. The molecule has 5 rings (SSSR count). The number of carbonyl (C=O) groups excluding carboxylic acids is 4. The normalized spacial score (nSPS) is 17.6. The molecule has 35 heavy (non-hydrogen) atoms. The largest absolute Gasteiger partial charge is 0.349 e. The van der Waals surface area contributed by atoms with Crippen LogP contribution in [0, 0.1) is 6.92 Å². The molecule has 1 saturated heterocycles. The fraction of sp³-hybridized carbons (Fsp3) is 0.231. The monoisotopic (exact) mass is 477 g/mol. The molecule has 1 fully saturated rings. The Morgan fingerprint density at radius 2 is 1.83 bits per heavy atom. The molecule has 9 heteroatoms. The molecular weight excluding hydrogens is 456 g/mol. The smallest absolute Gasteiger partial charge is 0.346 e. The fourth-order valence-electron chi connectivity index (χ4n) is 4.64. The third kappa shape index (κ3) is 3.73. The number of halogens is 2. The quantitative estimate of drug-likeness (QED) is 0.551. The molecule has 4 amide bonds. The van der Waals surface area contributed by atoms with Crippen molar-refractivity contribution in [1.29, 1.82) is 0 Å². The molecule has 0 spiro atoms. The third-order valence-corrected chi connectivity index (χ3v) is 6.48.